The van der Waals surface area contributed by atoms with Gasteiger partial charge in [0.15, 0.2) is 11.6 Å². The predicted octanol–water partition coefficient (Wildman–Crippen LogP) is 5.04. The smallest absolute Gasteiger partial charge is 0.308 e. The van der Waals surface area contributed by atoms with E-state index in [9.17, 15) is 14.4 Å². The molecule has 232 valence electrons. The van der Waals surface area contributed by atoms with Gasteiger partial charge in [-0.15, -0.1) is 0 Å². The van der Waals surface area contributed by atoms with Gasteiger partial charge in [0.05, 0.1) is 30.0 Å². The number of methoxy groups -OCH3 is 1. The van der Waals surface area contributed by atoms with Crippen LogP contribution >= 0.6 is 0 Å². The van der Waals surface area contributed by atoms with E-state index in [-0.39, 0.29) is 35.1 Å². The molecule has 0 spiro atoms. The Labute approximate surface area is 255 Å². The maximum Gasteiger partial charge on any atom is 0.308 e. The molecule has 0 radical (unpaired) electrons. The molecule has 1 aliphatic heterocycles. The highest BCUT2D eigenvalue weighted by Gasteiger charge is 2.32. The molecule has 11 heteroatoms. The maximum absolute atomic E-state index is 15.7. The van der Waals surface area contributed by atoms with Gasteiger partial charge < -0.3 is 29.6 Å². The lowest BCUT2D eigenvalue weighted by Crippen LogP contribution is -2.47. The standard InChI is InChI=1S/C33H38FN5O5/c1-20-6-3-4-9-28(20)38-12-14-39(15-13-38)29-18-25(34)24(30(40)35-23-8-5-7-22(16-23)33(42)43-2)17-26(29)36-31(41)27-19-44-32(37-27)21-10-11-21/h3-4,6,9,17-19,21-23H,5,7-8,10-16H2,1-2H3,(H,35,40)(H,36,41)/t22-,23+/m1/s1. The minimum atomic E-state index is -0.686. The number of aromatic nitrogens is 1. The topological polar surface area (TPSA) is 117 Å². The van der Waals surface area contributed by atoms with E-state index >= 15 is 4.39 Å². The van der Waals surface area contributed by atoms with Crippen LogP contribution in [0.4, 0.5) is 21.5 Å². The summed E-state index contributed by atoms with van der Waals surface area (Å²) in [5, 5.41) is 5.78. The van der Waals surface area contributed by atoms with Gasteiger partial charge in [0.1, 0.15) is 12.1 Å². The Hall–Kier alpha value is -4.41. The Balaban J connectivity index is 1.23. The van der Waals surface area contributed by atoms with E-state index in [2.05, 4.69) is 39.6 Å². The van der Waals surface area contributed by atoms with Crippen molar-refractivity contribution in [3.63, 3.8) is 0 Å². The van der Waals surface area contributed by atoms with E-state index in [0.717, 1.165) is 24.9 Å². The molecule has 0 bridgehead atoms. The van der Waals surface area contributed by atoms with Crippen LogP contribution in [0.3, 0.4) is 0 Å². The zero-order valence-electron chi connectivity index (χ0n) is 25.1. The molecular formula is C33H38FN5O5. The first-order valence-corrected chi connectivity index (χ1v) is 15.3. The number of piperazine rings is 1. The molecule has 2 saturated carbocycles. The summed E-state index contributed by atoms with van der Waals surface area (Å²) in [4.78, 5) is 47.4. The van der Waals surface area contributed by atoms with Crippen molar-refractivity contribution in [1.29, 1.82) is 0 Å². The Morgan fingerprint density at radius 2 is 1.70 bits per heavy atom. The minimum Gasteiger partial charge on any atom is -0.469 e. The Bertz CT molecular complexity index is 1550. The summed E-state index contributed by atoms with van der Waals surface area (Å²) in [5.74, 6) is -1.59. The summed E-state index contributed by atoms with van der Waals surface area (Å²) in [6, 6.07) is 10.6. The summed E-state index contributed by atoms with van der Waals surface area (Å²) in [6.07, 6.45) is 5.87. The molecule has 2 heterocycles. The number of benzene rings is 2. The van der Waals surface area contributed by atoms with Crippen molar-refractivity contribution in [2.75, 3.05) is 48.4 Å². The van der Waals surface area contributed by atoms with Crippen LogP contribution < -0.4 is 20.4 Å². The zero-order chi connectivity index (χ0) is 30.8. The van der Waals surface area contributed by atoms with Crippen LogP contribution in [0.25, 0.3) is 0 Å². The number of hydrogen-bond donors (Lipinski definition) is 2. The fraction of sp³-hybridized carbons (Fsp3) is 0.455. The van der Waals surface area contributed by atoms with Gasteiger partial charge in [0.2, 0.25) is 0 Å². The third-order valence-corrected chi connectivity index (χ3v) is 8.88. The molecule has 2 aromatic carbocycles. The lowest BCUT2D eigenvalue weighted by Gasteiger charge is -2.38. The summed E-state index contributed by atoms with van der Waals surface area (Å²) < 4.78 is 26.1. The highest BCUT2D eigenvalue weighted by atomic mass is 19.1. The summed E-state index contributed by atoms with van der Waals surface area (Å²) in [6.45, 7) is 4.68. The summed E-state index contributed by atoms with van der Waals surface area (Å²) >= 11 is 0. The second-order valence-electron chi connectivity index (χ2n) is 12.0. The van der Waals surface area contributed by atoms with Gasteiger partial charge in [-0.2, -0.15) is 0 Å². The quantitative estimate of drug-likeness (QED) is 0.344. The Kier molecular flexibility index (Phi) is 8.54. The van der Waals surface area contributed by atoms with Crippen molar-refractivity contribution in [1.82, 2.24) is 10.3 Å². The SMILES string of the molecule is COC(=O)[C@@H]1CCC[C@H](NC(=O)c2cc(NC(=O)c3coc(C4CC4)n3)c(N3CCN(c4ccccc4C)CC3)cc2F)C1. The monoisotopic (exact) mass is 603 g/mol. The number of halogens is 1. The molecule has 3 aromatic rings. The van der Waals surface area contributed by atoms with E-state index < -0.39 is 17.6 Å². The van der Waals surface area contributed by atoms with Crippen LogP contribution in [0.2, 0.25) is 0 Å². The van der Waals surface area contributed by atoms with Crippen molar-refractivity contribution in [3.8, 4) is 0 Å². The lowest BCUT2D eigenvalue weighted by molar-refractivity contribution is -0.146. The second kappa shape index (κ2) is 12.7. The molecule has 2 atom stereocenters. The molecule has 6 rings (SSSR count). The average Bonchev–Trinajstić information content (AvgIpc) is 3.77. The fourth-order valence-electron chi connectivity index (χ4n) is 6.27. The number of nitrogens with one attached hydrogen (secondary N) is 2. The van der Waals surface area contributed by atoms with Gasteiger partial charge >= 0.3 is 5.97 Å². The first-order valence-electron chi connectivity index (χ1n) is 15.3. The first-order chi connectivity index (χ1) is 21.3. The number of carbonyl (C=O) groups excluding carboxylic acids is 3. The van der Waals surface area contributed by atoms with Crippen LogP contribution in [0, 0.1) is 18.7 Å². The maximum atomic E-state index is 15.7. The number of esters is 1. The van der Waals surface area contributed by atoms with E-state index in [1.165, 1.54) is 31.1 Å². The van der Waals surface area contributed by atoms with Crippen LogP contribution in [-0.2, 0) is 9.53 Å². The van der Waals surface area contributed by atoms with Crippen molar-refractivity contribution in [2.24, 2.45) is 5.92 Å². The van der Waals surface area contributed by atoms with Crippen LogP contribution in [-0.4, -0.2) is 62.1 Å². The van der Waals surface area contributed by atoms with Crippen molar-refractivity contribution in [2.45, 2.75) is 57.4 Å². The number of nitrogens with zero attached hydrogens (tertiary/aromatic N) is 3. The largest absolute Gasteiger partial charge is 0.469 e. The molecule has 1 aromatic heterocycles. The number of amides is 2. The van der Waals surface area contributed by atoms with Crippen molar-refractivity contribution < 1.29 is 27.9 Å². The molecule has 44 heavy (non-hydrogen) atoms. The molecule has 2 aliphatic carbocycles. The molecule has 2 amide bonds. The van der Waals surface area contributed by atoms with Gasteiger partial charge in [-0.25, -0.2) is 9.37 Å². The number of aryl methyl sites for hydroxylation is 1. The number of oxazole rings is 1. The lowest BCUT2D eigenvalue weighted by atomic mass is 9.85. The van der Waals surface area contributed by atoms with E-state index in [4.69, 9.17) is 9.15 Å². The van der Waals surface area contributed by atoms with E-state index in [1.807, 2.05) is 17.0 Å². The number of rotatable bonds is 8. The van der Waals surface area contributed by atoms with Crippen LogP contribution in [0.15, 0.2) is 47.1 Å². The molecule has 3 aliphatic rings. The van der Waals surface area contributed by atoms with E-state index in [0.29, 0.717) is 62.7 Å². The second-order valence-corrected chi connectivity index (χ2v) is 12.0. The summed E-state index contributed by atoms with van der Waals surface area (Å²) in [5.41, 5.74) is 3.11. The fourth-order valence-corrected chi connectivity index (χ4v) is 6.27. The molecule has 10 nitrogen and oxygen atoms in total. The number of para-hydroxylation sites is 1. The van der Waals surface area contributed by atoms with Gasteiger partial charge in [-0.05, 0) is 56.7 Å². The highest BCUT2D eigenvalue weighted by Crippen LogP contribution is 2.39. The average molecular weight is 604 g/mol. The van der Waals surface area contributed by atoms with Crippen LogP contribution in [0.1, 0.15) is 76.7 Å². The first kappa shape index (κ1) is 29.7. The molecular weight excluding hydrogens is 565 g/mol. The summed E-state index contributed by atoms with van der Waals surface area (Å²) in [7, 11) is 1.35. The third kappa shape index (κ3) is 6.41. The van der Waals surface area contributed by atoms with Gasteiger partial charge in [0, 0.05) is 49.9 Å². The number of carbonyl (C=O) groups is 3. The molecule has 3 fully saturated rings. The van der Waals surface area contributed by atoms with E-state index in [1.54, 1.807) is 0 Å². The normalized spacial score (nSPS) is 20.2. The molecule has 2 N–H and O–H groups in total. The van der Waals surface area contributed by atoms with Gasteiger partial charge in [-0.3, -0.25) is 14.4 Å². The van der Waals surface area contributed by atoms with Gasteiger partial charge in [-0.1, -0.05) is 24.6 Å². The molecule has 0 unspecified atom stereocenters. The van der Waals surface area contributed by atoms with Crippen LogP contribution in [0.5, 0.6) is 0 Å². The number of hydrogen-bond acceptors (Lipinski definition) is 8. The zero-order valence-corrected chi connectivity index (χ0v) is 25.1. The Morgan fingerprint density at radius 1 is 0.977 bits per heavy atom. The molecule has 1 saturated heterocycles. The predicted molar refractivity (Wildman–Crippen MR) is 164 cm³/mol. The van der Waals surface area contributed by atoms with Crippen molar-refractivity contribution >= 4 is 34.8 Å². The minimum absolute atomic E-state index is 0.133. The van der Waals surface area contributed by atoms with Gasteiger partial charge in [0.25, 0.3) is 11.8 Å². The number of anilines is 3. The Morgan fingerprint density at radius 3 is 2.41 bits per heavy atom. The third-order valence-electron chi connectivity index (χ3n) is 8.88. The number of ether oxygens (including phenoxy) is 1. The highest BCUT2D eigenvalue weighted by molar-refractivity contribution is 6.06. The van der Waals surface area contributed by atoms with Crippen molar-refractivity contribution in [3.05, 3.63) is 71.2 Å².